The lowest BCUT2D eigenvalue weighted by Crippen LogP contribution is -2.45. The molecule has 0 saturated carbocycles. The van der Waals surface area contributed by atoms with Gasteiger partial charge >= 0.3 is 0 Å². The molecule has 3 rings (SSSR count). The quantitative estimate of drug-likeness (QED) is 0.522. The molecule has 1 atom stereocenters. The normalized spacial score (nSPS) is 20.3. The van der Waals surface area contributed by atoms with Gasteiger partial charge in [-0.2, -0.15) is 0 Å². The van der Waals surface area contributed by atoms with Crippen molar-refractivity contribution in [2.45, 2.75) is 5.92 Å². The molecule has 110 valence electrons. The molecule has 4 nitrogen and oxygen atoms in total. The van der Waals surface area contributed by atoms with Crippen molar-refractivity contribution in [3.8, 4) is 0 Å². The molecule has 1 fully saturated rings. The number of piperidine rings is 1. The number of nitrogens with one attached hydrogen (secondary N) is 1. The van der Waals surface area contributed by atoms with E-state index in [2.05, 4.69) is 5.32 Å². The van der Waals surface area contributed by atoms with Crippen LogP contribution in [0.4, 0.5) is 0 Å². The summed E-state index contributed by atoms with van der Waals surface area (Å²) in [5.74, 6) is -1.19. The lowest BCUT2D eigenvalue weighted by Gasteiger charge is -2.24. The van der Waals surface area contributed by atoms with E-state index in [1.54, 1.807) is 36.4 Å². The molecule has 1 aliphatic heterocycles. The fraction of sp³-hybridized carbons (Fsp3) is 0.0625. The van der Waals surface area contributed by atoms with Crippen LogP contribution in [0.5, 0.6) is 0 Å². The Morgan fingerprint density at radius 1 is 1.23 bits per heavy atom. The van der Waals surface area contributed by atoms with Crippen molar-refractivity contribution in [1.82, 2.24) is 5.32 Å². The number of benzene rings is 1. The highest BCUT2D eigenvalue weighted by atomic mass is 35.5. The average Bonchev–Trinajstić information content (AvgIpc) is 2.96. The van der Waals surface area contributed by atoms with Crippen molar-refractivity contribution >= 4 is 46.6 Å². The van der Waals surface area contributed by atoms with Crippen molar-refractivity contribution < 1.29 is 14.0 Å². The number of rotatable bonds is 2. The molecule has 1 saturated heterocycles. The van der Waals surface area contributed by atoms with Crippen molar-refractivity contribution in [2.24, 2.45) is 0 Å². The molecule has 0 radical (unpaired) electrons. The summed E-state index contributed by atoms with van der Waals surface area (Å²) in [6.07, 6.45) is 2.88. The fourth-order valence-corrected chi connectivity index (χ4v) is 2.81. The van der Waals surface area contributed by atoms with E-state index in [9.17, 15) is 9.59 Å². The molecule has 1 N–H and O–H groups in total. The molecule has 0 aliphatic carbocycles. The van der Waals surface area contributed by atoms with E-state index in [1.165, 1.54) is 12.3 Å². The second-order valence-electron chi connectivity index (χ2n) is 4.74. The number of carbonyl (C=O) groups is 2. The zero-order chi connectivity index (χ0) is 15.7. The van der Waals surface area contributed by atoms with Gasteiger partial charge in [-0.1, -0.05) is 36.0 Å². The minimum absolute atomic E-state index is 0.00789. The molecule has 2 aromatic rings. The number of amides is 1. The van der Waals surface area contributed by atoms with Crippen LogP contribution in [-0.2, 0) is 9.59 Å². The number of carbonyl (C=O) groups excluding carboxylic acids is 2. The molecule has 1 amide bonds. The first-order valence-corrected chi connectivity index (χ1v) is 7.25. The summed E-state index contributed by atoms with van der Waals surface area (Å²) < 4.78 is 5.16. The van der Waals surface area contributed by atoms with Crippen molar-refractivity contribution in [3.05, 3.63) is 64.6 Å². The van der Waals surface area contributed by atoms with Crippen LogP contribution in [0.3, 0.4) is 0 Å². The van der Waals surface area contributed by atoms with E-state index in [1.807, 2.05) is 0 Å². The molecule has 6 heteroatoms. The first-order valence-electron chi connectivity index (χ1n) is 6.46. The molecule has 0 spiro atoms. The van der Waals surface area contributed by atoms with Gasteiger partial charge in [0, 0.05) is 5.02 Å². The molecule has 0 bridgehead atoms. The summed E-state index contributed by atoms with van der Waals surface area (Å²) in [7, 11) is 0. The molecule has 2 heterocycles. The van der Waals surface area contributed by atoms with Crippen LogP contribution in [0.15, 0.2) is 52.7 Å². The Balaban J connectivity index is 2.03. The highest BCUT2D eigenvalue weighted by molar-refractivity contribution is 7.80. The van der Waals surface area contributed by atoms with Crippen LogP contribution < -0.4 is 5.32 Å². The van der Waals surface area contributed by atoms with Crippen LogP contribution in [0, 0.1) is 0 Å². The molecule has 1 aromatic heterocycles. The zero-order valence-corrected chi connectivity index (χ0v) is 12.8. The molecular formula is C16H10ClNO3S. The highest BCUT2D eigenvalue weighted by Crippen LogP contribution is 2.28. The van der Waals surface area contributed by atoms with Crippen LogP contribution in [-0.4, -0.2) is 16.7 Å². The third kappa shape index (κ3) is 2.73. The Morgan fingerprint density at radius 2 is 2.05 bits per heavy atom. The molecule has 1 unspecified atom stereocenters. The SMILES string of the molecule is O=C1NC(=S)C(c2cccc(Cl)c2)C(=O)/C1=C\c1ccco1. The van der Waals surface area contributed by atoms with Crippen molar-refractivity contribution in [2.75, 3.05) is 0 Å². The minimum atomic E-state index is -0.729. The summed E-state index contributed by atoms with van der Waals surface area (Å²) in [5, 5.41) is 3.06. The third-order valence-electron chi connectivity index (χ3n) is 3.28. The summed E-state index contributed by atoms with van der Waals surface area (Å²) in [5.41, 5.74) is 0.654. The number of Topliss-reactive ketones (excluding diaryl/α,β-unsaturated/α-hetero) is 1. The number of ketones is 1. The van der Waals surface area contributed by atoms with E-state index in [0.29, 0.717) is 16.3 Å². The monoisotopic (exact) mass is 331 g/mol. The van der Waals surface area contributed by atoms with Gasteiger partial charge in [-0.3, -0.25) is 9.59 Å². The first kappa shape index (κ1) is 14.7. The van der Waals surface area contributed by atoms with Gasteiger partial charge in [0.15, 0.2) is 5.78 Å². The van der Waals surface area contributed by atoms with E-state index >= 15 is 0 Å². The molecule has 1 aliphatic rings. The number of thiocarbonyl (C=S) groups is 1. The summed E-state index contributed by atoms with van der Waals surface area (Å²) in [6, 6.07) is 10.2. The van der Waals surface area contributed by atoms with Gasteiger partial charge in [-0.05, 0) is 35.9 Å². The fourth-order valence-electron chi connectivity index (χ4n) is 2.28. The summed E-state index contributed by atoms with van der Waals surface area (Å²) >= 11 is 11.1. The van der Waals surface area contributed by atoms with Gasteiger partial charge < -0.3 is 9.73 Å². The summed E-state index contributed by atoms with van der Waals surface area (Å²) in [4.78, 5) is 24.9. The smallest absolute Gasteiger partial charge is 0.259 e. The van der Waals surface area contributed by atoms with Crippen LogP contribution in [0.25, 0.3) is 6.08 Å². The average molecular weight is 332 g/mol. The minimum Gasteiger partial charge on any atom is -0.465 e. The summed E-state index contributed by atoms with van der Waals surface area (Å²) in [6.45, 7) is 0. The van der Waals surface area contributed by atoms with Crippen LogP contribution in [0.1, 0.15) is 17.2 Å². The number of halogens is 1. The van der Waals surface area contributed by atoms with Crippen LogP contribution in [0.2, 0.25) is 5.02 Å². The van der Waals surface area contributed by atoms with Crippen molar-refractivity contribution in [1.29, 1.82) is 0 Å². The van der Waals surface area contributed by atoms with Gasteiger partial charge in [0.25, 0.3) is 5.91 Å². The highest BCUT2D eigenvalue weighted by Gasteiger charge is 2.37. The van der Waals surface area contributed by atoms with E-state index in [4.69, 9.17) is 28.2 Å². The van der Waals surface area contributed by atoms with E-state index in [0.717, 1.165) is 0 Å². The lowest BCUT2D eigenvalue weighted by atomic mass is 9.86. The van der Waals surface area contributed by atoms with E-state index < -0.39 is 11.8 Å². The number of hydrogen-bond donors (Lipinski definition) is 1. The van der Waals surface area contributed by atoms with Gasteiger partial charge in [0.2, 0.25) is 0 Å². The second-order valence-corrected chi connectivity index (χ2v) is 5.62. The van der Waals surface area contributed by atoms with E-state index in [-0.39, 0.29) is 16.3 Å². The van der Waals surface area contributed by atoms with Gasteiger partial charge in [-0.25, -0.2) is 0 Å². The maximum absolute atomic E-state index is 12.7. The number of hydrogen-bond acceptors (Lipinski definition) is 4. The predicted octanol–water partition coefficient (Wildman–Crippen LogP) is 3.13. The van der Waals surface area contributed by atoms with Gasteiger partial charge in [-0.15, -0.1) is 0 Å². The molecular weight excluding hydrogens is 322 g/mol. The Kier molecular flexibility index (Phi) is 3.92. The topological polar surface area (TPSA) is 59.3 Å². The Morgan fingerprint density at radius 3 is 2.73 bits per heavy atom. The second kappa shape index (κ2) is 5.87. The van der Waals surface area contributed by atoms with Crippen molar-refractivity contribution in [3.63, 3.8) is 0 Å². The zero-order valence-electron chi connectivity index (χ0n) is 11.2. The maximum Gasteiger partial charge on any atom is 0.259 e. The standard InChI is InChI=1S/C16H10ClNO3S/c17-10-4-1-3-9(7-10)13-14(19)12(15(20)18-16(13)22)8-11-5-2-6-21-11/h1-8,13H,(H,18,20,22)/b12-8+. The first-order chi connectivity index (χ1) is 10.6. The Bertz CT molecular complexity index is 795. The largest absolute Gasteiger partial charge is 0.465 e. The third-order valence-corrected chi connectivity index (χ3v) is 3.86. The van der Waals surface area contributed by atoms with Gasteiger partial charge in [0.1, 0.15) is 5.76 Å². The lowest BCUT2D eigenvalue weighted by molar-refractivity contribution is -0.122. The Labute approximate surface area is 136 Å². The van der Waals surface area contributed by atoms with Crippen LogP contribution >= 0.6 is 23.8 Å². The molecule has 1 aromatic carbocycles. The Hall–Kier alpha value is -2.24. The van der Waals surface area contributed by atoms with Gasteiger partial charge in [0.05, 0.1) is 22.7 Å². The molecule has 22 heavy (non-hydrogen) atoms. The number of furan rings is 1. The predicted molar refractivity (Wildman–Crippen MR) is 86.6 cm³/mol. The maximum atomic E-state index is 12.7.